The quantitative estimate of drug-likeness (QED) is 0.502. The predicted octanol–water partition coefficient (Wildman–Crippen LogP) is 4.56. The van der Waals surface area contributed by atoms with Gasteiger partial charge in [-0.25, -0.2) is 4.79 Å². The number of amides is 2. The molecule has 1 aliphatic rings. The number of alkyl halides is 3. The molecule has 1 aliphatic heterocycles. The Hall–Kier alpha value is -3.07. The van der Waals surface area contributed by atoms with Gasteiger partial charge in [0.2, 0.25) is 0 Å². The number of halogens is 3. The number of nitrogens with one attached hydrogen (secondary N) is 1. The first-order valence-electron chi connectivity index (χ1n) is 10.4. The number of carbonyl (C=O) groups excluding carboxylic acids is 1. The molecule has 0 aliphatic carbocycles. The highest BCUT2D eigenvalue weighted by Crippen LogP contribution is 2.29. The van der Waals surface area contributed by atoms with E-state index in [0.29, 0.717) is 30.9 Å². The highest BCUT2D eigenvalue weighted by Gasteiger charge is 2.30. The number of aliphatic imine (C=N–C) groups is 1. The Bertz CT molecular complexity index is 928. The van der Waals surface area contributed by atoms with Gasteiger partial charge >= 0.3 is 12.2 Å². The smallest absolute Gasteiger partial charge is 0.416 e. The van der Waals surface area contributed by atoms with E-state index >= 15 is 0 Å². The first kappa shape index (κ1) is 23.6. The Kier molecular flexibility index (Phi) is 7.74. The normalized spacial score (nSPS) is 17.8. The number of carbonyl (C=O) groups is 1. The van der Waals surface area contributed by atoms with Crippen molar-refractivity contribution in [2.45, 2.75) is 25.4 Å². The number of methoxy groups -OCH3 is 1. The standard InChI is InChI=1S/C23H27F3N4O2/c1-32-20-10-8-19(9-11-20)28-22(31)29-21(27)17-3-2-13-30(15-17)14-12-16-4-6-18(7-5-16)23(24,25)26/h4-11,17H,2-3,12-15H2,1H3,(H3,27,28,29,31). The monoisotopic (exact) mass is 448 g/mol. The summed E-state index contributed by atoms with van der Waals surface area (Å²) in [5, 5.41) is 2.68. The zero-order chi connectivity index (χ0) is 23.1. The van der Waals surface area contributed by atoms with Crippen LogP contribution in [0.25, 0.3) is 0 Å². The largest absolute Gasteiger partial charge is 0.497 e. The van der Waals surface area contributed by atoms with E-state index in [1.807, 2.05) is 0 Å². The third-order valence-corrected chi connectivity index (χ3v) is 5.49. The number of anilines is 1. The average molecular weight is 448 g/mol. The number of benzene rings is 2. The molecule has 1 heterocycles. The summed E-state index contributed by atoms with van der Waals surface area (Å²) >= 11 is 0. The van der Waals surface area contributed by atoms with Crippen LogP contribution in [0.2, 0.25) is 0 Å². The Morgan fingerprint density at radius 1 is 1.19 bits per heavy atom. The van der Waals surface area contributed by atoms with E-state index < -0.39 is 17.8 Å². The number of nitrogens with two attached hydrogens (primary N) is 1. The fourth-order valence-electron chi connectivity index (χ4n) is 3.68. The maximum absolute atomic E-state index is 12.7. The van der Waals surface area contributed by atoms with Crippen LogP contribution in [0, 0.1) is 5.92 Å². The molecule has 1 unspecified atom stereocenters. The molecule has 172 valence electrons. The lowest BCUT2D eigenvalue weighted by atomic mass is 9.96. The molecular formula is C23H27F3N4O2. The van der Waals surface area contributed by atoms with Crippen molar-refractivity contribution in [3.63, 3.8) is 0 Å². The van der Waals surface area contributed by atoms with Gasteiger partial charge in [0.1, 0.15) is 11.6 Å². The maximum atomic E-state index is 12.7. The SMILES string of the molecule is COc1ccc(NC(=O)/N=C(\N)C2CCCN(CCc3ccc(C(F)(F)F)cc3)C2)cc1. The van der Waals surface area contributed by atoms with Gasteiger partial charge in [-0.15, -0.1) is 0 Å². The van der Waals surface area contributed by atoms with Gasteiger partial charge < -0.3 is 20.7 Å². The molecule has 0 saturated carbocycles. The number of nitrogens with zero attached hydrogens (tertiary/aromatic N) is 2. The molecule has 1 fully saturated rings. The van der Waals surface area contributed by atoms with Crippen LogP contribution in [0.1, 0.15) is 24.0 Å². The van der Waals surface area contributed by atoms with E-state index in [1.54, 1.807) is 31.4 Å². The fourth-order valence-corrected chi connectivity index (χ4v) is 3.68. The number of amidine groups is 1. The third-order valence-electron chi connectivity index (χ3n) is 5.49. The zero-order valence-electron chi connectivity index (χ0n) is 17.9. The van der Waals surface area contributed by atoms with Gasteiger partial charge in [0.25, 0.3) is 0 Å². The van der Waals surface area contributed by atoms with Crippen LogP contribution < -0.4 is 15.8 Å². The number of urea groups is 1. The molecule has 2 aromatic carbocycles. The fraction of sp³-hybridized carbons (Fsp3) is 0.391. The van der Waals surface area contributed by atoms with Crippen LogP contribution in [0.15, 0.2) is 53.5 Å². The summed E-state index contributed by atoms with van der Waals surface area (Å²) in [5.41, 5.74) is 6.91. The minimum Gasteiger partial charge on any atom is -0.497 e. The third kappa shape index (κ3) is 6.71. The van der Waals surface area contributed by atoms with Gasteiger partial charge in [-0.05, 0) is 67.8 Å². The maximum Gasteiger partial charge on any atom is 0.416 e. The number of piperidine rings is 1. The zero-order valence-corrected chi connectivity index (χ0v) is 17.9. The van der Waals surface area contributed by atoms with Crippen molar-refractivity contribution in [2.24, 2.45) is 16.6 Å². The minimum atomic E-state index is -4.32. The molecule has 1 atom stereocenters. The van der Waals surface area contributed by atoms with Gasteiger partial charge in [0.05, 0.1) is 12.7 Å². The van der Waals surface area contributed by atoms with E-state index in [0.717, 1.165) is 37.1 Å². The highest BCUT2D eigenvalue weighted by molar-refractivity contribution is 6.00. The molecule has 32 heavy (non-hydrogen) atoms. The molecular weight excluding hydrogens is 421 g/mol. The van der Waals surface area contributed by atoms with E-state index in [1.165, 1.54) is 12.1 Å². The lowest BCUT2D eigenvalue weighted by Crippen LogP contribution is -2.42. The lowest BCUT2D eigenvalue weighted by molar-refractivity contribution is -0.137. The van der Waals surface area contributed by atoms with Crippen LogP contribution in [0.3, 0.4) is 0 Å². The van der Waals surface area contributed by atoms with Crippen molar-refractivity contribution in [3.05, 3.63) is 59.7 Å². The summed E-state index contributed by atoms with van der Waals surface area (Å²) in [6, 6.07) is 11.6. The summed E-state index contributed by atoms with van der Waals surface area (Å²) in [5.74, 6) is 0.929. The molecule has 0 bridgehead atoms. The van der Waals surface area contributed by atoms with Crippen LogP contribution >= 0.6 is 0 Å². The predicted molar refractivity (Wildman–Crippen MR) is 118 cm³/mol. The van der Waals surface area contributed by atoms with Crippen molar-refractivity contribution in [1.29, 1.82) is 0 Å². The van der Waals surface area contributed by atoms with Gasteiger partial charge in [-0.1, -0.05) is 12.1 Å². The van der Waals surface area contributed by atoms with E-state index in [9.17, 15) is 18.0 Å². The Balaban J connectivity index is 1.51. The summed E-state index contributed by atoms with van der Waals surface area (Å²) in [7, 11) is 1.57. The average Bonchev–Trinajstić information content (AvgIpc) is 2.78. The van der Waals surface area contributed by atoms with Crippen molar-refractivity contribution >= 4 is 17.6 Å². The molecule has 3 rings (SSSR count). The van der Waals surface area contributed by atoms with Crippen LogP contribution in [-0.2, 0) is 12.6 Å². The molecule has 2 amide bonds. The molecule has 1 saturated heterocycles. The second kappa shape index (κ2) is 10.5. The van der Waals surface area contributed by atoms with E-state index in [4.69, 9.17) is 10.5 Å². The van der Waals surface area contributed by atoms with Crippen LogP contribution in [0.4, 0.5) is 23.7 Å². The number of hydrogen-bond donors (Lipinski definition) is 2. The van der Waals surface area contributed by atoms with Crippen LogP contribution in [-0.4, -0.2) is 43.5 Å². The molecule has 6 nitrogen and oxygen atoms in total. The number of rotatable bonds is 6. The first-order valence-corrected chi connectivity index (χ1v) is 10.4. The van der Waals surface area contributed by atoms with E-state index in [-0.39, 0.29) is 11.8 Å². The molecule has 0 spiro atoms. The topological polar surface area (TPSA) is 79.9 Å². The van der Waals surface area contributed by atoms with Crippen molar-refractivity contribution in [3.8, 4) is 5.75 Å². The molecule has 0 aromatic heterocycles. The number of hydrogen-bond acceptors (Lipinski definition) is 3. The van der Waals surface area contributed by atoms with Crippen LogP contribution in [0.5, 0.6) is 5.75 Å². The van der Waals surface area contributed by atoms with Crippen molar-refractivity contribution < 1.29 is 22.7 Å². The van der Waals surface area contributed by atoms with Crippen molar-refractivity contribution in [1.82, 2.24) is 4.90 Å². The molecule has 2 aromatic rings. The number of ether oxygens (including phenoxy) is 1. The Morgan fingerprint density at radius 3 is 2.50 bits per heavy atom. The lowest BCUT2D eigenvalue weighted by Gasteiger charge is -2.32. The number of likely N-dealkylation sites (tertiary alicyclic amines) is 1. The summed E-state index contributed by atoms with van der Waals surface area (Å²) < 4.78 is 43.2. The molecule has 0 radical (unpaired) electrons. The van der Waals surface area contributed by atoms with Crippen molar-refractivity contribution in [2.75, 3.05) is 32.1 Å². The summed E-state index contributed by atoms with van der Waals surface area (Å²) in [6.07, 6.45) is -1.94. The van der Waals surface area contributed by atoms with Gasteiger partial charge in [0.15, 0.2) is 0 Å². The highest BCUT2D eigenvalue weighted by atomic mass is 19.4. The Labute approximate surface area is 185 Å². The first-order chi connectivity index (χ1) is 15.2. The molecule has 3 N–H and O–H groups in total. The summed E-state index contributed by atoms with van der Waals surface area (Å²) in [6.45, 7) is 2.24. The minimum absolute atomic E-state index is 0.0435. The second-order valence-corrected chi connectivity index (χ2v) is 7.78. The van der Waals surface area contributed by atoms with E-state index in [2.05, 4.69) is 15.2 Å². The second-order valence-electron chi connectivity index (χ2n) is 7.78. The van der Waals surface area contributed by atoms with Gasteiger partial charge in [0, 0.05) is 24.7 Å². The van der Waals surface area contributed by atoms with Gasteiger partial charge in [-0.3, -0.25) is 0 Å². The van der Waals surface area contributed by atoms with Gasteiger partial charge in [-0.2, -0.15) is 18.2 Å². The Morgan fingerprint density at radius 2 is 1.88 bits per heavy atom. The molecule has 9 heteroatoms. The summed E-state index contributed by atoms with van der Waals surface area (Å²) in [4.78, 5) is 18.4.